The molecule has 0 aliphatic carbocycles. The van der Waals surface area contributed by atoms with Crippen molar-refractivity contribution in [3.63, 3.8) is 0 Å². The molecule has 0 saturated carbocycles. The molecule has 0 aliphatic heterocycles. The van der Waals surface area contributed by atoms with E-state index in [1.807, 2.05) is 19.9 Å². The molecule has 0 spiro atoms. The third-order valence-electron chi connectivity index (χ3n) is 5.24. The lowest BCUT2D eigenvalue weighted by Crippen LogP contribution is -2.42. The van der Waals surface area contributed by atoms with Crippen LogP contribution in [0.3, 0.4) is 0 Å². The van der Waals surface area contributed by atoms with Gasteiger partial charge in [0.05, 0.1) is 10.6 Å². The Bertz CT molecular complexity index is 906. The summed E-state index contributed by atoms with van der Waals surface area (Å²) in [6.45, 7) is 8.44. The van der Waals surface area contributed by atoms with Gasteiger partial charge in [0.25, 0.3) is 10.0 Å². The molecule has 1 atom stereocenters. The summed E-state index contributed by atoms with van der Waals surface area (Å²) in [5.41, 5.74) is 2.40. The molecule has 0 aromatic heterocycles. The highest BCUT2D eigenvalue weighted by Crippen LogP contribution is 2.25. The van der Waals surface area contributed by atoms with Crippen LogP contribution in [0, 0.1) is 19.8 Å². The van der Waals surface area contributed by atoms with Crippen LogP contribution in [0.2, 0.25) is 0 Å². The predicted octanol–water partition coefficient (Wildman–Crippen LogP) is 4.83. The Balaban J connectivity index is 2.27. The van der Waals surface area contributed by atoms with Crippen LogP contribution in [0.1, 0.15) is 50.7 Å². The van der Waals surface area contributed by atoms with Gasteiger partial charge in [-0.2, -0.15) is 0 Å². The molecule has 30 heavy (non-hydrogen) atoms. The summed E-state index contributed by atoms with van der Waals surface area (Å²) in [6.07, 6.45) is 4.31. The maximum absolute atomic E-state index is 13.4. The smallest absolute Gasteiger partial charge is 0.264 e. The normalized spacial score (nSPS) is 12.4. The molecule has 164 valence electrons. The van der Waals surface area contributed by atoms with Gasteiger partial charge in [-0.3, -0.25) is 9.10 Å². The molecule has 2 aromatic carbocycles. The maximum Gasteiger partial charge on any atom is 0.264 e. The molecule has 0 radical (unpaired) electrons. The van der Waals surface area contributed by atoms with Gasteiger partial charge in [-0.1, -0.05) is 57.4 Å². The monoisotopic (exact) mass is 430 g/mol. The van der Waals surface area contributed by atoms with Gasteiger partial charge in [0.1, 0.15) is 6.54 Å². The molecule has 1 unspecified atom stereocenters. The molecule has 0 saturated heterocycles. The fourth-order valence-electron chi connectivity index (χ4n) is 3.52. The summed E-state index contributed by atoms with van der Waals surface area (Å²) in [6, 6.07) is 13.8. The molecular weight excluding hydrogens is 396 g/mol. The van der Waals surface area contributed by atoms with Crippen LogP contribution >= 0.6 is 0 Å². The van der Waals surface area contributed by atoms with Gasteiger partial charge in [0.15, 0.2) is 0 Å². The van der Waals surface area contributed by atoms with E-state index in [2.05, 4.69) is 19.2 Å². The van der Waals surface area contributed by atoms with Crippen LogP contribution in [0.15, 0.2) is 53.4 Å². The Kier molecular flexibility index (Phi) is 8.90. The second-order valence-electron chi connectivity index (χ2n) is 7.89. The van der Waals surface area contributed by atoms with Gasteiger partial charge in [-0.15, -0.1) is 0 Å². The molecule has 0 fully saturated rings. The Morgan fingerprint density at radius 3 is 2.23 bits per heavy atom. The van der Waals surface area contributed by atoms with Crippen molar-refractivity contribution in [3.8, 4) is 0 Å². The minimum Gasteiger partial charge on any atom is -0.354 e. The number of hydrogen-bond acceptors (Lipinski definition) is 3. The van der Waals surface area contributed by atoms with Crippen LogP contribution in [-0.2, 0) is 14.8 Å². The summed E-state index contributed by atoms with van der Waals surface area (Å²) in [7, 11) is -3.87. The van der Waals surface area contributed by atoms with Gasteiger partial charge >= 0.3 is 0 Å². The zero-order chi connectivity index (χ0) is 22.1. The van der Waals surface area contributed by atoms with Crippen LogP contribution in [0.5, 0.6) is 0 Å². The van der Waals surface area contributed by atoms with Gasteiger partial charge in [-0.05, 0) is 61.6 Å². The van der Waals surface area contributed by atoms with E-state index < -0.39 is 10.0 Å². The lowest BCUT2D eigenvalue weighted by atomic mass is 9.99. The number of rotatable bonds is 11. The zero-order valence-electron chi connectivity index (χ0n) is 18.5. The lowest BCUT2D eigenvalue weighted by molar-refractivity contribution is -0.119. The average molecular weight is 431 g/mol. The Hall–Kier alpha value is -2.34. The number of benzene rings is 2. The Morgan fingerprint density at radius 2 is 1.67 bits per heavy atom. The van der Waals surface area contributed by atoms with Gasteiger partial charge in [0, 0.05) is 6.54 Å². The fraction of sp³-hybridized carbons (Fsp3) is 0.458. The van der Waals surface area contributed by atoms with E-state index in [1.54, 1.807) is 42.5 Å². The summed E-state index contributed by atoms with van der Waals surface area (Å²) in [5, 5.41) is 2.95. The van der Waals surface area contributed by atoms with Crippen molar-refractivity contribution in [2.75, 3.05) is 17.4 Å². The van der Waals surface area contributed by atoms with Crippen molar-refractivity contribution in [2.45, 2.75) is 58.3 Å². The number of carbonyl (C=O) groups excluding carboxylic acids is 1. The van der Waals surface area contributed by atoms with Gasteiger partial charge in [0.2, 0.25) is 5.91 Å². The number of unbranched alkanes of at least 4 members (excludes halogenated alkanes) is 1. The standard InChI is InChI=1S/C24H34N2O3S/c1-5-7-11-21(6-2)17-25-24(27)18-26(22-15-19(3)14-20(4)16-22)30(28,29)23-12-9-8-10-13-23/h8-10,12-16,21H,5-7,11,17-18H2,1-4H3,(H,25,27). The highest BCUT2D eigenvalue weighted by atomic mass is 32.2. The second-order valence-corrected chi connectivity index (χ2v) is 9.75. The van der Waals surface area contributed by atoms with Gasteiger partial charge in [-0.25, -0.2) is 8.42 Å². The second kappa shape index (κ2) is 11.2. The molecule has 2 rings (SSSR count). The third-order valence-corrected chi connectivity index (χ3v) is 7.03. The summed E-state index contributed by atoms with van der Waals surface area (Å²) in [4.78, 5) is 12.9. The van der Waals surface area contributed by atoms with Crippen molar-refractivity contribution >= 4 is 21.6 Å². The third kappa shape index (κ3) is 6.59. The Labute approximate surface area is 181 Å². The van der Waals surface area contributed by atoms with E-state index in [4.69, 9.17) is 0 Å². The summed E-state index contributed by atoms with van der Waals surface area (Å²) < 4.78 is 28.0. The number of aryl methyl sites for hydroxylation is 2. The molecule has 1 N–H and O–H groups in total. The lowest BCUT2D eigenvalue weighted by Gasteiger charge is -2.25. The summed E-state index contributed by atoms with van der Waals surface area (Å²) in [5.74, 6) is 0.123. The van der Waals surface area contributed by atoms with Crippen LogP contribution in [-0.4, -0.2) is 27.4 Å². The van der Waals surface area contributed by atoms with E-state index in [9.17, 15) is 13.2 Å². The molecule has 5 nitrogen and oxygen atoms in total. The number of sulfonamides is 1. The molecule has 0 bridgehead atoms. The highest BCUT2D eigenvalue weighted by molar-refractivity contribution is 7.92. The number of nitrogens with one attached hydrogen (secondary N) is 1. The molecule has 0 aliphatic rings. The predicted molar refractivity (Wildman–Crippen MR) is 123 cm³/mol. The number of anilines is 1. The van der Waals surface area contributed by atoms with E-state index in [-0.39, 0.29) is 17.3 Å². The Morgan fingerprint density at radius 1 is 1.03 bits per heavy atom. The molecular formula is C24H34N2O3S. The topological polar surface area (TPSA) is 66.5 Å². The van der Waals surface area contributed by atoms with Crippen LogP contribution in [0.25, 0.3) is 0 Å². The first-order chi connectivity index (χ1) is 14.3. The quantitative estimate of drug-likeness (QED) is 0.555. The molecule has 1 amide bonds. The minimum atomic E-state index is -3.87. The zero-order valence-corrected chi connectivity index (χ0v) is 19.3. The largest absolute Gasteiger partial charge is 0.354 e. The molecule has 2 aromatic rings. The van der Waals surface area contributed by atoms with Crippen LogP contribution in [0.4, 0.5) is 5.69 Å². The SMILES string of the molecule is CCCCC(CC)CNC(=O)CN(c1cc(C)cc(C)c1)S(=O)(=O)c1ccccc1. The van der Waals surface area contributed by atoms with E-state index in [0.29, 0.717) is 18.2 Å². The highest BCUT2D eigenvalue weighted by Gasteiger charge is 2.27. The first kappa shape index (κ1) is 23.9. The number of carbonyl (C=O) groups is 1. The average Bonchev–Trinajstić information content (AvgIpc) is 2.72. The molecule has 0 heterocycles. The first-order valence-electron chi connectivity index (χ1n) is 10.7. The first-order valence-corrected chi connectivity index (χ1v) is 12.1. The number of amides is 1. The van der Waals surface area contributed by atoms with Crippen molar-refractivity contribution in [1.82, 2.24) is 5.32 Å². The van der Waals surface area contributed by atoms with Crippen molar-refractivity contribution in [2.24, 2.45) is 5.92 Å². The number of hydrogen-bond donors (Lipinski definition) is 1. The van der Waals surface area contributed by atoms with Crippen molar-refractivity contribution in [3.05, 3.63) is 59.7 Å². The maximum atomic E-state index is 13.4. The van der Waals surface area contributed by atoms with Crippen LogP contribution < -0.4 is 9.62 Å². The molecule has 6 heteroatoms. The van der Waals surface area contributed by atoms with Crippen molar-refractivity contribution in [1.29, 1.82) is 0 Å². The minimum absolute atomic E-state index is 0.173. The van der Waals surface area contributed by atoms with Gasteiger partial charge < -0.3 is 5.32 Å². The fourth-order valence-corrected chi connectivity index (χ4v) is 4.94. The number of nitrogens with zero attached hydrogens (tertiary/aromatic N) is 1. The van der Waals surface area contributed by atoms with E-state index in [1.165, 1.54) is 4.31 Å². The van der Waals surface area contributed by atoms with Crippen molar-refractivity contribution < 1.29 is 13.2 Å². The summed E-state index contributed by atoms with van der Waals surface area (Å²) >= 11 is 0. The van der Waals surface area contributed by atoms with E-state index >= 15 is 0 Å². The van der Waals surface area contributed by atoms with E-state index in [0.717, 1.165) is 36.8 Å².